The van der Waals surface area contributed by atoms with Crippen LogP contribution in [0.4, 0.5) is 11.4 Å². The smallest absolute Gasteiger partial charge is 0.336 e. The number of hydrogen-bond acceptors (Lipinski definition) is 5. The molecular weight excluding hydrogens is 369 g/mol. The van der Waals surface area contributed by atoms with Gasteiger partial charge in [-0.25, -0.2) is 4.79 Å². The average molecular weight is 386 g/mol. The number of nitrogens with zero attached hydrogens (tertiary/aromatic N) is 1. The molecular formula is C16H17Cl2N3O4. The first-order valence-electron chi connectivity index (χ1n) is 7.19. The molecule has 0 atom stereocenters. The number of carboxylic acids is 1. The van der Waals surface area contributed by atoms with Gasteiger partial charge in [-0.15, -0.1) is 12.4 Å². The van der Waals surface area contributed by atoms with Crippen LogP contribution < -0.4 is 10.6 Å². The summed E-state index contributed by atoms with van der Waals surface area (Å²) >= 11 is 5.99. The normalized spacial score (nSPS) is 9.96. The summed E-state index contributed by atoms with van der Waals surface area (Å²) in [4.78, 5) is 21.3. The van der Waals surface area contributed by atoms with Crippen molar-refractivity contribution in [3.05, 3.63) is 68.7 Å². The number of nitro benzene ring substituents is 1. The Kier molecular flexibility index (Phi) is 8.13. The molecule has 7 nitrogen and oxygen atoms in total. The van der Waals surface area contributed by atoms with E-state index in [0.29, 0.717) is 30.9 Å². The number of hydrogen-bond donors (Lipinski definition) is 3. The molecule has 0 saturated heterocycles. The lowest BCUT2D eigenvalue weighted by atomic mass is 10.1. The van der Waals surface area contributed by atoms with Crippen molar-refractivity contribution in [1.29, 1.82) is 0 Å². The van der Waals surface area contributed by atoms with Gasteiger partial charge in [0, 0.05) is 31.8 Å². The van der Waals surface area contributed by atoms with Crippen LogP contribution in [0.3, 0.4) is 0 Å². The van der Waals surface area contributed by atoms with Crippen LogP contribution in [0.1, 0.15) is 15.9 Å². The lowest BCUT2D eigenvalue weighted by molar-refractivity contribution is -0.384. The lowest BCUT2D eigenvalue weighted by Crippen LogP contribution is -2.23. The van der Waals surface area contributed by atoms with E-state index in [0.717, 1.165) is 0 Å². The molecule has 0 radical (unpaired) electrons. The molecule has 0 spiro atoms. The summed E-state index contributed by atoms with van der Waals surface area (Å²) in [5.41, 5.74) is 1.53. The molecule has 134 valence electrons. The molecule has 2 aromatic carbocycles. The maximum atomic E-state index is 11.1. The summed E-state index contributed by atoms with van der Waals surface area (Å²) in [6.45, 7) is 1.53. The fourth-order valence-electron chi connectivity index (χ4n) is 2.15. The van der Waals surface area contributed by atoms with E-state index < -0.39 is 10.9 Å². The lowest BCUT2D eigenvalue weighted by Gasteiger charge is -2.10. The zero-order chi connectivity index (χ0) is 17.5. The molecule has 9 heteroatoms. The molecule has 2 rings (SSSR count). The van der Waals surface area contributed by atoms with Gasteiger partial charge in [-0.3, -0.25) is 10.1 Å². The summed E-state index contributed by atoms with van der Waals surface area (Å²) in [7, 11) is 0. The first-order chi connectivity index (χ1) is 11.5. The highest BCUT2D eigenvalue weighted by Gasteiger charge is 2.09. The number of halogens is 2. The van der Waals surface area contributed by atoms with E-state index in [2.05, 4.69) is 10.6 Å². The largest absolute Gasteiger partial charge is 0.478 e. The Hall–Kier alpha value is -2.35. The van der Waals surface area contributed by atoms with Gasteiger partial charge in [0.05, 0.1) is 21.2 Å². The van der Waals surface area contributed by atoms with E-state index in [1.807, 2.05) is 0 Å². The number of rotatable bonds is 8. The number of carbonyl (C=O) groups is 1. The minimum atomic E-state index is -0.955. The number of aromatic carboxylic acids is 1. The summed E-state index contributed by atoms with van der Waals surface area (Å²) in [5.74, 6) is -0.955. The third-order valence-corrected chi connectivity index (χ3v) is 3.66. The maximum absolute atomic E-state index is 11.1. The number of non-ortho nitro benzene ring substituents is 1. The molecule has 0 heterocycles. The first-order valence-corrected chi connectivity index (χ1v) is 7.56. The topological polar surface area (TPSA) is 104 Å². The molecule has 25 heavy (non-hydrogen) atoms. The van der Waals surface area contributed by atoms with Crippen LogP contribution in [0.15, 0.2) is 42.5 Å². The number of nitro groups is 1. The Balaban J connectivity index is 0.00000312. The molecule has 0 saturated carbocycles. The fourth-order valence-corrected chi connectivity index (χ4v) is 2.39. The Morgan fingerprint density at radius 3 is 2.56 bits per heavy atom. The van der Waals surface area contributed by atoms with Gasteiger partial charge in [0.2, 0.25) is 0 Å². The minimum absolute atomic E-state index is 0. The van der Waals surface area contributed by atoms with Crippen LogP contribution in [0, 0.1) is 10.1 Å². The highest BCUT2D eigenvalue weighted by atomic mass is 35.5. The number of anilines is 1. The van der Waals surface area contributed by atoms with Gasteiger partial charge in [-0.2, -0.15) is 0 Å². The van der Waals surface area contributed by atoms with Gasteiger partial charge in [0.1, 0.15) is 0 Å². The van der Waals surface area contributed by atoms with Crippen LogP contribution in [0.25, 0.3) is 0 Å². The third kappa shape index (κ3) is 5.90. The zero-order valence-corrected chi connectivity index (χ0v) is 14.6. The van der Waals surface area contributed by atoms with Crippen LogP contribution >= 0.6 is 24.0 Å². The van der Waals surface area contributed by atoms with Gasteiger partial charge >= 0.3 is 5.97 Å². The fraction of sp³-hybridized carbons (Fsp3) is 0.188. The van der Waals surface area contributed by atoms with Gasteiger partial charge in [0.25, 0.3) is 5.69 Å². The van der Waals surface area contributed by atoms with Crippen LogP contribution in [0.5, 0.6) is 0 Å². The van der Waals surface area contributed by atoms with E-state index in [1.54, 1.807) is 30.3 Å². The van der Waals surface area contributed by atoms with E-state index in [4.69, 9.17) is 16.7 Å². The first kappa shape index (κ1) is 20.7. The molecule has 0 fully saturated rings. The predicted octanol–water partition coefficient (Wildman–Crippen LogP) is 3.57. The second-order valence-electron chi connectivity index (χ2n) is 4.99. The molecule has 0 bridgehead atoms. The predicted molar refractivity (Wildman–Crippen MR) is 99.0 cm³/mol. The Bertz CT molecular complexity index is 756. The van der Waals surface area contributed by atoms with E-state index in [-0.39, 0.29) is 28.7 Å². The minimum Gasteiger partial charge on any atom is -0.478 e. The molecule has 0 amide bonds. The van der Waals surface area contributed by atoms with Crippen molar-refractivity contribution in [3.8, 4) is 0 Å². The Labute approximate surface area is 155 Å². The maximum Gasteiger partial charge on any atom is 0.336 e. The Morgan fingerprint density at radius 2 is 1.92 bits per heavy atom. The van der Waals surface area contributed by atoms with Gasteiger partial charge in [-0.1, -0.05) is 29.8 Å². The van der Waals surface area contributed by atoms with Crippen LogP contribution in [-0.2, 0) is 6.54 Å². The summed E-state index contributed by atoms with van der Waals surface area (Å²) in [6.07, 6.45) is 0. The molecule has 2 aromatic rings. The van der Waals surface area contributed by atoms with Crippen molar-refractivity contribution >= 4 is 41.4 Å². The van der Waals surface area contributed by atoms with Gasteiger partial charge in [0.15, 0.2) is 0 Å². The van der Waals surface area contributed by atoms with Crippen molar-refractivity contribution in [1.82, 2.24) is 5.32 Å². The second-order valence-corrected chi connectivity index (χ2v) is 5.39. The van der Waals surface area contributed by atoms with E-state index in [9.17, 15) is 14.9 Å². The summed E-state index contributed by atoms with van der Waals surface area (Å²) in [6, 6.07) is 11.0. The quantitative estimate of drug-likeness (QED) is 0.364. The molecule has 0 aromatic heterocycles. The van der Waals surface area contributed by atoms with Crippen molar-refractivity contribution in [2.75, 3.05) is 18.4 Å². The number of carboxylic acid groups (broad SMARTS) is 1. The molecule has 0 aliphatic rings. The number of benzene rings is 2. The van der Waals surface area contributed by atoms with Crippen molar-refractivity contribution < 1.29 is 14.8 Å². The summed E-state index contributed by atoms with van der Waals surface area (Å²) < 4.78 is 0. The summed E-state index contributed by atoms with van der Waals surface area (Å²) in [5, 5.41) is 26.2. The molecule has 3 N–H and O–H groups in total. The molecule has 0 aliphatic carbocycles. The standard InChI is InChI=1S/C16H16ClN3O4.ClH/c17-14-9-12(20(23)24)5-6-15(14)19-8-7-18-10-11-3-1-2-4-13(11)16(21)22;/h1-6,9,18-19H,7-8,10H2,(H,21,22);1H. The monoisotopic (exact) mass is 385 g/mol. The highest BCUT2D eigenvalue weighted by Crippen LogP contribution is 2.26. The van der Waals surface area contributed by atoms with Crippen molar-refractivity contribution in [3.63, 3.8) is 0 Å². The van der Waals surface area contributed by atoms with Gasteiger partial charge < -0.3 is 15.7 Å². The van der Waals surface area contributed by atoms with Crippen LogP contribution in [-0.4, -0.2) is 29.1 Å². The van der Waals surface area contributed by atoms with E-state index in [1.165, 1.54) is 12.1 Å². The number of nitrogens with one attached hydrogen (secondary N) is 2. The second kappa shape index (κ2) is 9.83. The van der Waals surface area contributed by atoms with E-state index >= 15 is 0 Å². The van der Waals surface area contributed by atoms with Gasteiger partial charge in [-0.05, 0) is 17.7 Å². The average Bonchev–Trinajstić information content (AvgIpc) is 2.55. The molecule has 0 unspecified atom stereocenters. The Morgan fingerprint density at radius 1 is 1.20 bits per heavy atom. The third-order valence-electron chi connectivity index (χ3n) is 3.34. The van der Waals surface area contributed by atoms with Crippen molar-refractivity contribution in [2.45, 2.75) is 6.54 Å². The highest BCUT2D eigenvalue weighted by molar-refractivity contribution is 6.33. The SMILES string of the molecule is Cl.O=C(O)c1ccccc1CNCCNc1ccc([N+](=O)[O-])cc1Cl. The zero-order valence-electron chi connectivity index (χ0n) is 13.1. The van der Waals surface area contributed by atoms with Crippen molar-refractivity contribution in [2.24, 2.45) is 0 Å². The van der Waals surface area contributed by atoms with Crippen LogP contribution in [0.2, 0.25) is 5.02 Å². The molecule has 0 aliphatic heterocycles.